The first-order valence-electron chi connectivity index (χ1n) is 7.81. The first-order valence-corrected chi connectivity index (χ1v) is 9.22. The summed E-state index contributed by atoms with van der Waals surface area (Å²) < 4.78 is 71.0. The standard InChI is InChI=1S/C15H21F3O5S/c1-13(2)4-8-10(5-13)14(3)6-11(9(7-19)12(8)22-14)23-24(20,21)15(16,17)18/h8,10,12,19H,4-7H2,1-3H3/t8-,10+,12-,14-/m1/s1. The fraction of sp³-hybridized carbons (Fsp3) is 0.867. The van der Waals surface area contributed by atoms with Crippen LogP contribution in [0.15, 0.2) is 11.3 Å². The Labute approximate surface area is 138 Å². The summed E-state index contributed by atoms with van der Waals surface area (Å²) in [5, 5.41) is 9.62. The molecule has 9 heteroatoms. The van der Waals surface area contributed by atoms with Crippen LogP contribution in [0, 0.1) is 17.3 Å². The zero-order valence-electron chi connectivity index (χ0n) is 13.7. The molecule has 3 rings (SSSR count). The monoisotopic (exact) mass is 370 g/mol. The number of fused-ring (bicyclic) bond motifs is 5. The number of aliphatic hydroxyl groups excluding tert-OH is 1. The normalized spacial score (nSPS) is 38.4. The fourth-order valence-electron chi connectivity index (χ4n) is 4.60. The number of hydrogen-bond donors (Lipinski definition) is 1. The maximum absolute atomic E-state index is 12.6. The Morgan fingerprint density at radius 3 is 2.46 bits per heavy atom. The SMILES string of the molecule is CC1(C)C[C@H]2[C@H]3O[C@](C)(CC(OS(=O)(=O)C(F)(F)F)=C3CO)[C@H]2C1. The van der Waals surface area contributed by atoms with Gasteiger partial charge in [0.2, 0.25) is 0 Å². The van der Waals surface area contributed by atoms with E-state index in [1.54, 1.807) is 6.92 Å². The van der Waals surface area contributed by atoms with Crippen molar-refractivity contribution in [3.8, 4) is 0 Å². The molecule has 2 aliphatic heterocycles. The molecule has 0 unspecified atom stereocenters. The Morgan fingerprint density at radius 2 is 1.92 bits per heavy atom. The largest absolute Gasteiger partial charge is 0.534 e. The topological polar surface area (TPSA) is 72.8 Å². The Morgan fingerprint density at radius 1 is 1.29 bits per heavy atom. The fourth-order valence-corrected chi connectivity index (χ4v) is 5.12. The van der Waals surface area contributed by atoms with Crippen LogP contribution in [0.2, 0.25) is 0 Å². The van der Waals surface area contributed by atoms with E-state index in [9.17, 15) is 26.7 Å². The highest BCUT2D eigenvalue weighted by molar-refractivity contribution is 7.87. The smallest absolute Gasteiger partial charge is 0.392 e. The second-order valence-electron chi connectivity index (χ2n) is 7.96. The average Bonchev–Trinajstić information content (AvgIpc) is 2.81. The van der Waals surface area contributed by atoms with E-state index in [2.05, 4.69) is 18.0 Å². The third kappa shape index (κ3) is 2.64. The van der Waals surface area contributed by atoms with Crippen LogP contribution in [0.5, 0.6) is 0 Å². The van der Waals surface area contributed by atoms with Crippen LogP contribution in [-0.2, 0) is 19.0 Å². The van der Waals surface area contributed by atoms with Crippen LogP contribution in [0.1, 0.15) is 40.0 Å². The lowest BCUT2D eigenvalue weighted by atomic mass is 9.81. The first-order chi connectivity index (χ1) is 10.8. The molecule has 0 radical (unpaired) electrons. The van der Waals surface area contributed by atoms with Gasteiger partial charge in [-0.25, -0.2) is 0 Å². The summed E-state index contributed by atoms with van der Waals surface area (Å²) in [6, 6.07) is 0. The van der Waals surface area contributed by atoms with E-state index < -0.39 is 33.9 Å². The predicted molar refractivity (Wildman–Crippen MR) is 78.1 cm³/mol. The van der Waals surface area contributed by atoms with Gasteiger partial charge in [0.05, 0.1) is 18.3 Å². The summed E-state index contributed by atoms with van der Waals surface area (Å²) in [6.45, 7) is 5.44. The summed E-state index contributed by atoms with van der Waals surface area (Å²) in [6.07, 6.45) is 0.953. The second-order valence-corrected chi connectivity index (χ2v) is 9.50. The van der Waals surface area contributed by atoms with Crippen molar-refractivity contribution in [1.82, 2.24) is 0 Å². The molecule has 0 spiro atoms. The van der Waals surface area contributed by atoms with E-state index in [0.717, 1.165) is 12.8 Å². The zero-order valence-corrected chi connectivity index (χ0v) is 14.5. The van der Waals surface area contributed by atoms with Crippen molar-refractivity contribution in [2.24, 2.45) is 17.3 Å². The molecule has 5 nitrogen and oxygen atoms in total. The van der Waals surface area contributed by atoms with Gasteiger partial charge in [-0.05, 0) is 37.0 Å². The third-order valence-electron chi connectivity index (χ3n) is 5.52. The molecule has 3 aliphatic rings. The van der Waals surface area contributed by atoms with Gasteiger partial charge in [0.1, 0.15) is 5.76 Å². The number of alkyl halides is 3. The van der Waals surface area contributed by atoms with Crippen LogP contribution < -0.4 is 0 Å². The molecular formula is C15H21F3O5S. The van der Waals surface area contributed by atoms with Crippen molar-refractivity contribution in [3.63, 3.8) is 0 Å². The van der Waals surface area contributed by atoms with E-state index in [4.69, 9.17) is 4.74 Å². The Bertz CT molecular complexity index is 682. The zero-order chi connectivity index (χ0) is 18.1. The summed E-state index contributed by atoms with van der Waals surface area (Å²) in [7, 11) is -5.76. The van der Waals surface area contributed by atoms with Crippen molar-refractivity contribution in [1.29, 1.82) is 0 Å². The molecule has 24 heavy (non-hydrogen) atoms. The molecule has 1 saturated carbocycles. The highest BCUT2D eigenvalue weighted by Crippen LogP contribution is 2.61. The minimum atomic E-state index is -5.76. The number of rotatable bonds is 3. The Balaban J connectivity index is 1.98. The summed E-state index contributed by atoms with van der Waals surface area (Å²) in [5.41, 5.74) is -6.09. The summed E-state index contributed by atoms with van der Waals surface area (Å²) >= 11 is 0. The van der Waals surface area contributed by atoms with Crippen LogP contribution in [0.3, 0.4) is 0 Å². The molecule has 2 bridgehead atoms. The summed E-state index contributed by atoms with van der Waals surface area (Å²) in [4.78, 5) is 0. The van der Waals surface area contributed by atoms with Crippen LogP contribution in [0.25, 0.3) is 0 Å². The molecule has 2 fully saturated rings. The lowest BCUT2D eigenvalue weighted by molar-refractivity contribution is -0.0710. The molecule has 4 atom stereocenters. The molecule has 0 amide bonds. The van der Waals surface area contributed by atoms with Gasteiger partial charge >= 0.3 is 15.6 Å². The minimum absolute atomic E-state index is 0.0434. The molecule has 2 heterocycles. The van der Waals surface area contributed by atoms with E-state index >= 15 is 0 Å². The molecule has 0 aromatic carbocycles. The molecule has 0 aromatic rings. The minimum Gasteiger partial charge on any atom is -0.392 e. The van der Waals surface area contributed by atoms with Crippen molar-refractivity contribution < 1.29 is 35.6 Å². The number of ether oxygens (including phenoxy) is 1. The van der Waals surface area contributed by atoms with Gasteiger partial charge in [-0.15, -0.1) is 0 Å². The van der Waals surface area contributed by atoms with Gasteiger partial charge in [0.15, 0.2) is 0 Å². The van der Waals surface area contributed by atoms with E-state index in [1.165, 1.54) is 0 Å². The van der Waals surface area contributed by atoms with Crippen molar-refractivity contribution in [2.75, 3.05) is 6.61 Å². The van der Waals surface area contributed by atoms with Crippen molar-refractivity contribution >= 4 is 10.1 Å². The molecule has 1 saturated heterocycles. The van der Waals surface area contributed by atoms with Gasteiger partial charge in [0.25, 0.3) is 0 Å². The van der Waals surface area contributed by atoms with Gasteiger partial charge in [-0.1, -0.05) is 13.8 Å². The Kier molecular flexibility index (Phi) is 3.83. The van der Waals surface area contributed by atoms with E-state index in [1.807, 2.05) is 0 Å². The third-order valence-corrected chi connectivity index (χ3v) is 6.51. The van der Waals surface area contributed by atoms with Crippen LogP contribution in [0.4, 0.5) is 13.2 Å². The van der Waals surface area contributed by atoms with Gasteiger partial charge in [0, 0.05) is 12.0 Å². The van der Waals surface area contributed by atoms with Gasteiger partial charge in [-0.3, -0.25) is 0 Å². The molecule has 1 aliphatic carbocycles. The van der Waals surface area contributed by atoms with Crippen LogP contribution in [-0.4, -0.2) is 37.3 Å². The molecule has 1 N–H and O–H groups in total. The number of hydrogen-bond acceptors (Lipinski definition) is 5. The van der Waals surface area contributed by atoms with Gasteiger partial charge in [-0.2, -0.15) is 21.6 Å². The number of halogens is 3. The molecular weight excluding hydrogens is 349 g/mol. The van der Waals surface area contributed by atoms with E-state index in [0.29, 0.717) is 0 Å². The van der Waals surface area contributed by atoms with Crippen molar-refractivity contribution in [3.05, 3.63) is 11.3 Å². The maximum Gasteiger partial charge on any atom is 0.534 e. The quantitative estimate of drug-likeness (QED) is 0.611. The summed E-state index contributed by atoms with van der Waals surface area (Å²) in [5.74, 6) is -0.184. The average molecular weight is 370 g/mol. The lowest BCUT2D eigenvalue weighted by Crippen LogP contribution is -2.39. The molecule has 0 aromatic heterocycles. The molecule has 138 valence electrons. The van der Waals surface area contributed by atoms with E-state index in [-0.39, 0.29) is 35.0 Å². The highest BCUT2D eigenvalue weighted by Gasteiger charge is 2.62. The number of aliphatic hydroxyl groups is 1. The van der Waals surface area contributed by atoms with Gasteiger partial charge < -0.3 is 14.0 Å². The van der Waals surface area contributed by atoms with Crippen molar-refractivity contribution in [2.45, 2.75) is 57.2 Å². The highest BCUT2D eigenvalue weighted by atomic mass is 32.2. The lowest BCUT2D eigenvalue weighted by Gasteiger charge is -2.37. The second kappa shape index (κ2) is 5.11. The predicted octanol–water partition coefficient (Wildman–Crippen LogP) is 2.71. The first kappa shape index (κ1) is 18.0. The van der Waals surface area contributed by atoms with Crippen LogP contribution >= 0.6 is 0 Å². The maximum atomic E-state index is 12.6. The Hall–Kier alpha value is -0.800.